The van der Waals surface area contributed by atoms with Gasteiger partial charge >= 0.3 is 0 Å². The van der Waals surface area contributed by atoms with Crippen molar-refractivity contribution < 1.29 is 27.0 Å². The first kappa shape index (κ1) is 25.9. The molecule has 1 aromatic carbocycles. The molecule has 0 amide bonds. The van der Waals surface area contributed by atoms with Gasteiger partial charge in [0.2, 0.25) is 5.88 Å². The summed E-state index contributed by atoms with van der Waals surface area (Å²) in [6.07, 6.45) is 4.86. The van der Waals surface area contributed by atoms with E-state index in [9.17, 15) is 12.8 Å². The molecule has 14 heteroatoms. The first-order valence-electron chi connectivity index (χ1n) is 11.0. The van der Waals surface area contributed by atoms with E-state index in [0.29, 0.717) is 17.2 Å². The van der Waals surface area contributed by atoms with Gasteiger partial charge in [0, 0.05) is 6.42 Å². The fourth-order valence-electron chi connectivity index (χ4n) is 3.57. The number of sulfone groups is 1. The lowest BCUT2D eigenvalue weighted by atomic mass is 10.2. The molecular formula is C23H24FN7O5S. The highest BCUT2D eigenvalue weighted by atomic mass is 32.2. The Hall–Kier alpha value is -4.20. The molecule has 12 nitrogen and oxygen atoms in total. The van der Waals surface area contributed by atoms with E-state index in [4.69, 9.17) is 14.2 Å². The maximum atomic E-state index is 13.4. The van der Waals surface area contributed by atoms with Crippen LogP contribution in [0.1, 0.15) is 18.6 Å². The zero-order valence-electron chi connectivity index (χ0n) is 20.5. The number of benzene rings is 1. The number of hydrogen-bond acceptors (Lipinski definition) is 11. The average molecular weight is 530 g/mol. The Balaban J connectivity index is 1.82. The van der Waals surface area contributed by atoms with Crippen LogP contribution in [0.15, 0.2) is 43.0 Å². The highest BCUT2D eigenvalue weighted by Gasteiger charge is 2.29. The van der Waals surface area contributed by atoms with E-state index >= 15 is 0 Å². The standard InChI is InChI=1S/C23H24FN7O5S/c1-14(8-19-26-9-15(24)10-27-19)37(32,33)13-20-29-30-23(16-11-25-12-21(28-16)36-4)31(20)22-17(34-2)6-5-7-18(22)35-3/h5-7,9-12,14H,8,13H2,1-4H3/t14-/m1/s1. The van der Waals surface area contributed by atoms with Crippen LogP contribution in [0.3, 0.4) is 0 Å². The summed E-state index contributed by atoms with van der Waals surface area (Å²) in [5.74, 6) is 0.430. The Labute approximate surface area is 212 Å². The van der Waals surface area contributed by atoms with E-state index in [1.54, 1.807) is 18.2 Å². The van der Waals surface area contributed by atoms with Gasteiger partial charge in [-0.25, -0.2) is 27.8 Å². The molecule has 0 aliphatic carbocycles. The van der Waals surface area contributed by atoms with Gasteiger partial charge in [-0.3, -0.25) is 9.55 Å². The summed E-state index contributed by atoms with van der Waals surface area (Å²) in [4.78, 5) is 16.2. The molecule has 4 rings (SSSR count). The van der Waals surface area contributed by atoms with Crippen molar-refractivity contribution in [3.63, 3.8) is 0 Å². The van der Waals surface area contributed by atoms with Crippen LogP contribution < -0.4 is 14.2 Å². The Bertz CT molecular complexity index is 1470. The van der Waals surface area contributed by atoms with Crippen LogP contribution >= 0.6 is 0 Å². The molecule has 37 heavy (non-hydrogen) atoms. The Kier molecular flexibility index (Phi) is 7.57. The monoisotopic (exact) mass is 529 g/mol. The minimum absolute atomic E-state index is 0.0110. The van der Waals surface area contributed by atoms with Gasteiger partial charge in [0.25, 0.3) is 0 Å². The van der Waals surface area contributed by atoms with Crippen molar-refractivity contribution in [1.82, 2.24) is 34.7 Å². The molecule has 0 spiro atoms. The normalized spacial score (nSPS) is 12.2. The second kappa shape index (κ2) is 10.8. The Morgan fingerprint density at radius 3 is 2.27 bits per heavy atom. The quantitative estimate of drug-likeness (QED) is 0.298. The second-order valence-corrected chi connectivity index (χ2v) is 10.3. The molecular weight excluding hydrogens is 505 g/mol. The molecule has 0 unspecified atom stereocenters. The Morgan fingerprint density at radius 1 is 0.973 bits per heavy atom. The maximum Gasteiger partial charge on any atom is 0.232 e. The lowest BCUT2D eigenvalue weighted by Crippen LogP contribution is -2.24. The first-order valence-corrected chi connectivity index (χ1v) is 12.7. The fourth-order valence-corrected chi connectivity index (χ4v) is 4.80. The average Bonchev–Trinajstić information content (AvgIpc) is 3.31. The summed E-state index contributed by atoms with van der Waals surface area (Å²) < 4.78 is 57.7. The van der Waals surface area contributed by atoms with Crippen molar-refractivity contribution in [3.05, 3.63) is 60.5 Å². The zero-order chi connectivity index (χ0) is 26.6. The highest BCUT2D eigenvalue weighted by Crippen LogP contribution is 2.36. The molecule has 3 heterocycles. The molecule has 1 atom stereocenters. The minimum Gasteiger partial charge on any atom is -0.494 e. The van der Waals surface area contributed by atoms with E-state index in [1.165, 1.54) is 45.2 Å². The molecule has 0 N–H and O–H groups in total. The van der Waals surface area contributed by atoms with Crippen LogP contribution in [0.25, 0.3) is 17.2 Å². The molecule has 0 saturated carbocycles. The van der Waals surface area contributed by atoms with E-state index in [0.717, 1.165) is 12.4 Å². The third kappa shape index (κ3) is 5.48. The molecule has 0 radical (unpaired) electrons. The predicted molar refractivity (Wildman–Crippen MR) is 130 cm³/mol. The predicted octanol–water partition coefficient (Wildman–Crippen LogP) is 2.23. The van der Waals surface area contributed by atoms with Gasteiger partial charge in [0.15, 0.2) is 27.3 Å². The van der Waals surface area contributed by atoms with Crippen molar-refractivity contribution in [1.29, 1.82) is 0 Å². The molecule has 0 aliphatic heterocycles. The van der Waals surface area contributed by atoms with Crippen LogP contribution in [-0.2, 0) is 22.0 Å². The van der Waals surface area contributed by atoms with Gasteiger partial charge in [-0.1, -0.05) is 6.07 Å². The summed E-state index contributed by atoms with van der Waals surface area (Å²) in [6, 6.07) is 5.13. The topological polar surface area (TPSA) is 144 Å². The lowest BCUT2D eigenvalue weighted by molar-refractivity contribution is 0.390. The fraction of sp³-hybridized carbons (Fsp3) is 0.304. The molecule has 3 aromatic heterocycles. The number of ether oxygens (including phenoxy) is 3. The molecule has 0 bridgehead atoms. The molecule has 0 fully saturated rings. The SMILES string of the molecule is COc1cncc(-c2nnc(CS(=O)(=O)[C@H](C)Cc3ncc(F)cn3)n2-c2c(OC)cccc2OC)n1. The summed E-state index contributed by atoms with van der Waals surface area (Å²) in [6.45, 7) is 1.53. The summed E-state index contributed by atoms with van der Waals surface area (Å²) in [5.41, 5.74) is 0.674. The van der Waals surface area contributed by atoms with Crippen molar-refractivity contribution in [2.75, 3.05) is 21.3 Å². The lowest BCUT2D eigenvalue weighted by Gasteiger charge is -2.18. The number of nitrogens with zero attached hydrogens (tertiary/aromatic N) is 7. The Morgan fingerprint density at radius 2 is 1.65 bits per heavy atom. The highest BCUT2D eigenvalue weighted by molar-refractivity contribution is 7.91. The summed E-state index contributed by atoms with van der Waals surface area (Å²) in [5, 5.41) is 7.53. The van der Waals surface area contributed by atoms with Gasteiger partial charge in [-0.15, -0.1) is 10.2 Å². The number of hydrogen-bond donors (Lipinski definition) is 0. The number of rotatable bonds is 10. The summed E-state index contributed by atoms with van der Waals surface area (Å²) in [7, 11) is 0.600. The van der Waals surface area contributed by atoms with Crippen molar-refractivity contribution in [2.24, 2.45) is 0 Å². The van der Waals surface area contributed by atoms with Crippen LogP contribution in [0.4, 0.5) is 4.39 Å². The number of methoxy groups -OCH3 is 3. The first-order chi connectivity index (χ1) is 17.8. The van der Waals surface area contributed by atoms with Gasteiger partial charge in [-0.05, 0) is 19.1 Å². The molecule has 0 aliphatic rings. The van der Waals surface area contributed by atoms with Crippen LogP contribution in [0, 0.1) is 5.82 Å². The number of halogens is 1. The third-order valence-corrected chi connectivity index (χ3v) is 7.55. The smallest absolute Gasteiger partial charge is 0.232 e. The van der Waals surface area contributed by atoms with Gasteiger partial charge in [-0.2, -0.15) is 0 Å². The van der Waals surface area contributed by atoms with E-state index in [2.05, 4.69) is 30.1 Å². The van der Waals surface area contributed by atoms with Crippen LogP contribution in [-0.4, -0.2) is 69.7 Å². The zero-order valence-corrected chi connectivity index (χ0v) is 21.3. The van der Waals surface area contributed by atoms with Crippen molar-refractivity contribution >= 4 is 9.84 Å². The second-order valence-electron chi connectivity index (χ2n) is 7.87. The summed E-state index contributed by atoms with van der Waals surface area (Å²) >= 11 is 0. The largest absolute Gasteiger partial charge is 0.494 e. The van der Waals surface area contributed by atoms with Gasteiger partial charge in [0.05, 0.1) is 51.4 Å². The molecule has 4 aromatic rings. The number of para-hydroxylation sites is 1. The third-order valence-electron chi connectivity index (χ3n) is 5.49. The number of aromatic nitrogens is 7. The van der Waals surface area contributed by atoms with E-state index in [1.807, 2.05) is 0 Å². The van der Waals surface area contributed by atoms with Crippen molar-refractivity contribution in [3.8, 4) is 34.6 Å². The molecule has 194 valence electrons. The van der Waals surface area contributed by atoms with E-state index < -0.39 is 26.7 Å². The molecule has 0 saturated heterocycles. The van der Waals surface area contributed by atoms with Gasteiger partial charge < -0.3 is 14.2 Å². The maximum absolute atomic E-state index is 13.4. The minimum atomic E-state index is -3.81. The van der Waals surface area contributed by atoms with Gasteiger partial charge in [0.1, 0.15) is 34.5 Å². The van der Waals surface area contributed by atoms with Crippen LogP contribution in [0.5, 0.6) is 17.4 Å². The van der Waals surface area contributed by atoms with E-state index in [-0.39, 0.29) is 35.5 Å². The van der Waals surface area contributed by atoms with Crippen LogP contribution in [0.2, 0.25) is 0 Å². The van der Waals surface area contributed by atoms with Crippen molar-refractivity contribution in [2.45, 2.75) is 24.3 Å².